The van der Waals surface area contributed by atoms with E-state index in [0.29, 0.717) is 12.3 Å². The van der Waals surface area contributed by atoms with Crippen LogP contribution in [0.2, 0.25) is 0 Å². The summed E-state index contributed by atoms with van der Waals surface area (Å²) >= 11 is 0. The second kappa shape index (κ2) is 7.98. The number of esters is 1. The first-order valence-corrected chi connectivity index (χ1v) is 9.17. The molecule has 5 nitrogen and oxygen atoms in total. The van der Waals surface area contributed by atoms with Crippen molar-refractivity contribution >= 4 is 15.8 Å². The molecule has 0 bridgehead atoms. The zero-order chi connectivity index (χ0) is 15.2. The zero-order valence-electron chi connectivity index (χ0n) is 12.7. The number of hydrogen-bond donors (Lipinski definition) is 1. The fraction of sp³-hybridized carbons (Fsp3) is 0.929. The molecule has 20 heavy (non-hydrogen) atoms. The number of ether oxygens (including phenoxy) is 1. The second-order valence-electron chi connectivity index (χ2n) is 5.57. The minimum atomic E-state index is -3.45. The van der Waals surface area contributed by atoms with Crippen molar-refractivity contribution in [1.29, 1.82) is 0 Å². The molecule has 1 aliphatic carbocycles. The average molecular weight is 305 g/mol. The van der Waals surface area contributed by atoms with E-state index in [1.165, 1.54) is 7.11 Å². The van der Waals surface area contributed by atoms with Gasteiger partial charge in [-0.1, -0.05) is 20.3 Å². The average Bonchev–Trinajstić information content (AvgIpc) is 2.44. The van der Waals surface area contributed by atoms with Crippen LogP contribution in [-0.4, -0.2) is 45.1 Å². The first-order chi connectivity index (χ1) is 9.44. The maximum atomic E-state index is 12.4. The summed E-state index contributed by atoms with van der Waals surface area (Å²) in [6.07, 6.45) is 4.53. The minimum absolute atomic E-state index is 0.0348. The number of carbonyl (C=O) groups excluding carboxylic acids is 1. The Kier molecular flexibility index (Phi) is 6.95. The highest BCUT2D eigenvalue weighted by atomic mass is 32.2. The van der Waals surface area contributed by atoms with Crippen molar-refractivity contribution in [2.24, 2.45) is 5.92 Å². The third-order valence-electron chi connectivity index (χ3n) is 4.14. The lowest BCUT2D eigenvalue weighted by atomic mass is 9.84. The largest absolute Gasteiger partial charge is 0.468 e. The molecular formula is C14H27NO4S. The van der Waals surface area contributed by atoms with Gasteiger partial charge >= 0.3 is 5.97 Å². The van der Waals surface area contributed by atoms with Gasteiger partial charge in [0.1, 0.15) is 5.75 Å². The van der Waals surface area contributed by atoms with Crippen LogP contribution in [0.15, 0.2) is 0 Å². The second-order valence-corrected chi connectivity index (χ2v) is 7.79. The number of carbonyl (C=O) groups is 1. The summed E-state index contributed by atoms with van der Waals surface area (Å²) in [4.78, 5) is 11.3. The molecule has 3 unspecified atom stereocenters. The summed E-state index contributed by atoms with van der Waals surface area (Å²) in [5.74, 6) is -0.737. The number of hydrogen-bond acceptors (Lipinski definition) is 5. The third kappa shape index (κ3) is 4.74. The molecule has 0 heterocycles. The molecule has 1 N–H and O–H groups in total. The van der Waals surface area contributed by atoms with E-state index in [1.54, 1.807) is 0 Å². The summed E-state index contributed by atoms with van der Waals surface area (Å²) in [5.41, 5.74) is 0. The van der Waals surface area contributed by atoms with Crippen molar-refractivity contribution < 1.29 is 17.9 Å². The Hall–Kier alpha value is -0.620. The molecule has 0 spiro atoms. The first kappa shape index (κ1) is 17.4. The lowest BCUT2D eigenvalue weighted by Crippen LogP contribution is -2.49. The number of sulfone groups is 1. The highest BCUT2D eigenvalue weighted by Crippen LogP contribution is 2.31. The predicted octanol–water partition coefficient (Wildman–Crippen LogP) is 1.52. The molecule has 3 atom stereocenters. The van der Waals surface area contributed by atoms with E-state index in [1.807, 2.05) is 0 Å². The highest BCUT2D eigenvalue weighted by Gasteiger charge is 2.39. The SMILES string of the molecule is CCCNC1CCC(CC)CC1S(=O)(=O)CC(=O)OC. The van der Waals surface area contributed by atoms with Gasteiger partial charge in [0.25, 0.3) is 0 Å². The minimum Gasteiger partial charge on any atom is -0.468 e. The molecule has 0 aromatic rings. The van der Waals surface area contributed by atoms with E-state index in [0.717, 1.165) is 32.2 Å². The molecule has 6 heteroatoms. The summed E-state index contributed by atoms with van der Waals surface area (Å²) in [5, 5.41) is 2.87. The quantitative estimate of drug-likeness (QED) is 0.722. The number of rotatable bonds is 7. The van der Waals surface area contributed by atoms with Crippen LogP contribution in [0.1, 0.15) is 46.0 Å². The Morgan fingerprint density at radius 1 is 1.30 bits per heavy atom. The van der Waals surface area contributed by atoms with Crippen LogP contribution < -0.4 is 5.32 Å². The van der Waals surface area contributed by atoms with E-state index in [-0.39, 0.29) is 6.04 Å². The van der Waals surface area contributed by atoms with Gasteiger partial charge in [0, 0.05) is 6.04 Å². The van der Waals surface area contributed by atoms with E-state index in [2.05, 4.69) is 23.9 Å². The summed E-state index contributed by atoms with van der Waals surface area (Å²) in [7, 11) is -2.23. The van der Waals surface area contributed by atoms with Gasteiger partial charge in [-0.2, -0.15) is 0 Å². The number of methoxy groups -OCH3 is 1. The van der Waals surface area contributed by atoms with Crippen LogP contribution in [0.5, 0.6) is 0 Å². The molecule has 0 aromatic heterocycles. The Morgan fingerprint density at radius 3 is 2.55 bits per heavy atom. The first-order valence-electron chi connectivity index (χ1n) is 7.46. The van der Waals surface area contributed by atoms with Gasteiger partial charge in [-0.15, -0.1) is 0 Å². The van der Waals surface area contributed by atoms with Crippen molar-refractivity contribution in [2.75, 3.05) is 19.4 Å². The van der Waals surface area contributed by atoms with Crippen LogP contribution in [0.3, 0.4) is 0 Å². The standard InChI is InChI=1S/C14H27NO4S/c1-4-8-15-12-7-6-11(5-2)9-13(12)20(17,18)10-14(16)19-3/h11-13,15H,4-10H2,1-3H3. The fourth-order valence-electron chi connectivity index (χ4n) is 2.87. The Morgan fingerprint density at radius 2 is 2.00 bits per heavy atom. The molecule has 1 aliphatic rings. The van der Waals surface area contributed by atoms with Gasteiger partial charge in [-0.25, -0.2) is 8.42 Å². The van der Waals surface area contributed by atoms with Crippen LogP contribution >= 0.6 is 0 Å². The summed E-state index contributed by atoms with van der Waals surface area (Å²) in [6, 6.07) is -0.0348. The maximum Gasteiger partial charge on any atom is 0.320 e. The monoisotopic (exact) mass is 305 g/mol. The van der Waals surface area contributed by atoms with Gasteiger partial charge in [0.2, 0.25) is 0 Å². The van der Waals surface area contributed by atoms with Crippen molar-refractivity contribution in [3.63, 3.8) is 0 Å². The van der Waals surface area contributed by atoms with Gasteiger partial charge in [-0.3, -0.25) is 4.79 Å². The molecule has 0 aromatic carbocycles. The molecule has 0 amide bonds. The zero-order valence-corrected chi connectivity index (χ0v) is 13.5. The molecule has 0 radical (unpaired) electrons. The summed E-state index contributed by atoms with van der Waals surface area (Å²) in [6.45, 7) is 4.96. The van der Waals surface area contributed by atoms with E-state index in [9.17, 15) is 13.2 Å². The van der Waals surface area contributed by atoms with E-state index >= 15 is 0 Å². The Balaban J connectivity index is 2.83. The van der Waals surface area contributed by atoms with Gasteiger partial charge in [0.15, 0.2) is 9.84 Å². The van der Waals surface area contributed by atoms with E-state index < -0.39 is 26.8 Å². The Labute approximate surface area is 122 Å². The third-order valence-corrected chi connectivity index (χ3v) is 6.22. The van der Waals surface area contributed by atoms with Crippen molar-refractivity contribution in [1.82, 2.24) is 5.32 Å². The molecule has 1 saturated carbocycles. The highest BCUT2D eigenvalue weighted by molar-refractivity contribution is 7.92. The smallest absolute Gasteiger partial charge is 0.320 e. The fourth-order valence-corrected chi connectivity index (χ4v) is 4.83. The lowest BCUT2D eigenvalue weighted by molar-refractivity contribution is -0.137. The molecule has 0 saturated heterocycles. The van der Waals surface area contributed by atoms with Crippen LogP contribution in [0.4, 0.5) is 0 Å². The van der Waals surface area contributed by atoms with Crippen LogP contribution in [0, 0.1) is 5.92 Å². The summed E-state index contributed by atoms with van der Waals surface area (Å²) < 4.78 is 29.4. The molecule has 1 rings (SSSR count). The van der Waals surface area contributed by atoms with Crippen molar-refractivity contribution in [3.8, 4) is 0 Å². The van der Waals surface area contributed by atoms with Crippen molar-refractivity contribution in [3.05, 3.63) is 0 Å². The normalized spacial score (nSPS) is 27.2. The van der Waals surface area contributed by atoms with Gasteiger partial charge in [-0.05, 0) is 38.1 Å². The van der Waals surface area contributed by atoms with Gasteiger partial charge < -0.3 is 10.1 Å². The van der Waals surface area contributed by atoms with Crippen LogP contribution in [-0.2, 0) is 19.4 Å². The van der Waals surface area contributed by atoms with E-state index in [4.69, 9.17) is 0 Å². The molecular weight excluding hydrogens is 278 g/mol. The maximum absolute atomic E-state index is 12.4. The van der Waals surface area contributed by atoms with Crippen molar-refractivity contribution in [2.45, 2.75) is 57.2 Å². The topological polar surface area (TPSA) is 72.5 Å². The molecule has 118 valence electrons. The van der Waals surface area contributed by atoms with Gasteiger partial charge in [0.05, 0.1) is 12.4 Å². The van der Waals surface area contributed by atoms with Crippen LogP contribution in [0.25, 0.3) is 0 Å². The predicted molar refractivity (Wildman–Crippen MR) is 79.3 cm³/mol. The molecule has 1 fully saturated rings. The lowest BCUT2D eigenvalue weighted by Gasteiger charge is -2.36. The molecule has 0 aliphatic heterocycles. The number of nitrogens with one attached hydrogen (secondary N) is 1. The Bertz CT molecular complexity index is 407.